The molecule has 10 rings (SSSR count). The summed E-state index contributed by atoms with van der Waals surface area (Å²) in [4.78, 5) is 28.9. The summed E-state index contributed by atoms with van der Waals surface area (Å²) in [5.74, 6) is 1.98. The predicted octanol–water partition coefficient (Wildman–Crippen LogP) is 11.1. The second-order valence-corrected chi connectivity index (χ2v) is 16.4. The van der Waals surface area contributed by atoms with Crippen molar-refractivity contribution < 1.29 is 24.2 Å². The van der Waals surface area contributed by atoms with Gasteiger partial charge in [0.25, 0.3) is 0 Å². The van der Waals surface area contributed by atoms with Gasteiger partial charge in [-0.3, -0.25) is 0 Å². The molecule has 3 aromatic rings. The van der Waals surface area contributed by atoms with E-state index in [-0.39, 0.29) is 41.4 Å². The fourth-order valence-electron chi connectivity index (χ4n) is 11.2. The zero-order valence-corrected chi connectivity index (χ0v) is 30.8. The van der Waals surface area contributed by atoms with E-state index in [1.165, 1.54) is 37.7 Å². The van der Waals surface area contributed by atoms with E-state index in [1.807, 2.05) is 36.4 Å². The molecule has 3 fully saturated rings. The quantitative estimate of drug-likeness (QED) is 0.224. The number of hydrogen-bond donors (Lipinski definition) is 1. The van der Waals surface area contributed by atoms with Gasteiger partial charge in [-0.05, 0) is 127 Å². The highest BCUT2D eigenvalue weighted by Gasteiger charge is 2.68. The molecule has 0 amide bonds. The molecule has 5 atom stereocenters. The van der Waals surface area contributed by atoms with Gasteiger partial charge < -0.3 is 14.6 Å². The molecule has 5 heteroatoms. The maximum Gasteiger partial charge on any atom is 0.340 e. The lowest BCUT2D eigenvalue weighted by Gasteiger charge is -2.56. The zero-order chi connectivity index (χ0) is 36.1. The smallest absolute Gasteiger partial charge is 0.340 e. The van der Waals surface area contributed by atoms with Crippen molar-refractivity contribution >= 4 is 17.5 Å². The molecular formula is C48H50O5. The van der Waals surface area contributed by atoms with Crippen LogP contribution in [0.1, 0.15) is 95.1 Å². The van der Waals surface area contributed by atoms with Gasteiger partial charge in [-0.2, -0.15) is 0 Å². The molecule has 2 saturated carbocycles. The normalized spacial score (nSPS) is 28.6. The lowest BCUT2D eigenvalue weighted by Crippen LogP contribution is -2.52. The standard InChI is InChI=1S/C48H50O5/c1-2-30(27-32-15-8-4-9-16-32)28-41-48-26-25-36(42(45(48)47(51)53-41)39-29-34(49)21-22-35(39)33-18-10-5-11-19-33)37-23-24-38-40(52-46(50)43(38)44(37)48)20-12-17-31-13-6-3-7-14-31/h4-5,8-11,15-16,18-22,28-31,36-37,44,49H,2-3,6-7,12-14,17,23-27H2,1H3/b40-20?,41-28-/t30-,36+,37-,44+,48+/m0/s1. The molecule has 5 nitrogen and oxygen atoms in total. The van der Waals surface area contributed by atoms with Crippen LogP contribution in [0, 0.1) is 35.0 Å². The maximum atomic E-state index is 14.6. The second kappa shape index (κ2) is 14.0. The first-order valence-corrected chi connectivity index (χ1v) is 20.2. The first-order valence-electron chi connectivity index (χ1n) is 20.2. The summed E-state index contributed by atoms with van der Waals surface area (Å²) < 4.78 is 12.7. The number of allylic oxidation sites excluding steroid dienone is 5. The minimum Gasteiger partial charge on any atom is -0.508 e. The molecule has 1 saturated heterocycles. The summed E-state index contributed by atoms with van der Waals surface area (Å²) in [5.41, 5.74) is 6.91. The summed E-state index contributed by atoms with van der Waals surface area (Å²) >= 11 is 0. The Balaban J connectivity index is 1.20. The van der Waals surface area contributed by atoms with Crippen molar-refractivity contribution in [2.45, 2.75) is 90.4 Å². The Morgan fingerprint density at radius 1 is 0.849 bits per heavy atom. The molecule has 1 N–H and O–H groups in total. The summed E-state index contributed by atoms with van der Waals surface area (Å²) in [7, 11) is 0. The summed E-state index contributed by atoms with van der Waals surface area (Å²) in [5, 5.41) is 11.0. The summed E-state index contributed by atoms with van der Waals surface area (Å²) in [6.07, 6.45) is 18.1. The number of fused-ring (bicyclic) bond motifs is 1. The highest BCUT2D eigenvalue weighted by atomic mass is 16.5. The van der Waals surface area contributed by atoms with Crippen molar-refractivity contribution in [3.05, 3.63) is 130 Å². The van der Waals surface area contributed by atoms with Gasteiger partial charge in [-0.15, -0.1) is 0 Å². The van der Waals surface area contributed by atoms with Crippen LogP contribution in [0.3, 0.4) is 0 Å². The Kier molecular flexibility index (Phi) is 9.00. The number of rotatable bonds is 9. The summed E-state index contributed by atoms with van der Waals surface area (Å²) in [6, 6.07) is 26.3. The van der Waals surface area contributed by atoms with Crippen molar-refractivity contribution in [1.29, 1.82) is 0 Å². The number of cyclic esters (lactones) is 2. The van der Waals surface area contributed by atoms with Gasteiger partial charge in [-0.25, -0.2) is 9.59 Å². The Labute approximate surface area is 313 Å². The number of aromatic hydroxyl groups is 1. The molecular weight excluding hydrogens is 657 g/mol. The minimum absolute atomic E-state index is 0.0421. The average Bonchev–Trinajstić information content (AvgIpc) is 3.67. The highest BCUT2D eigenvalue weighted by Crippen LogP contribution is 2.72. The van der Waals surface area contributed by atoms with Crippen molar-refractivity contribution in [1.82, 2.24) is 0 Å². The third kappa shape index (κ3) is 5.82. The SMILES string of the molecule is CC[C@H](/C=C1\OC(=O)C2=C(c3cc(O)ccc3-c3ccccc3)[C@@H]3CC[C@@]21[C@H]1C2=C(CC[C@@H]31)C(=CCCC1CCCCC1)OC2=O)Cc1ccccc1. The van der Waals surface area contributed by atoms with E-state index < -0.39 is 5.41 Å². The number of esters is 2. The topological polar surface area (TPSA) is 72.8 Å². The molecule has 2 bridgehead atoms. The maximum absolute atomic E-state index is 14.6. The number of hydrogen-bond acceptors (Lipinski definition) is 5. The Morgan fingerprint density at radius 3 is 2.40 bits per heavy atom. The first-order chi connectivity index (χ1) is 26.0. The second-order valence-electron chi connectivity index (χ2n) is 16.4. The average molecular weight is 707 g/mol. The molecule has 1 spiro atoms. The number of phenolic OH excluding ortho intramolecular Hbond substituents is 1. The van der Waals surface area contributed by atoms with Crippen LogP contribution in [0.15, 0.2) is 119 Å². The van der Waals surface area contributed by atoms with Crippen molar-refractivity contribution in [3.8, 4) is 16.9 Å². The number of phenols is 1. The van der Waals surface area contributed by atoms with Gasteiger partial charge in [0, 0.05) is 17.1 Å². The van der Waals surface area contributed by atoms with Crippen LogP contribution in [-0.4, -0.2) is 17.0 Å². The summed E-state index contributed by atoms with van der Waals surface area (Å²) in [6.45, 7) is 2.20. The monoisotopic (exact) mass is 706 g/mol. The van der Waals surface area contributed by atoms with E-state index in [0.29, 0.717) is 11.3 Å². The largest absolute Gasteiger partial charge is 0.508 e. The number of ether oxygens (including phenoxy) is 2. The van der Waals surface area contributed by atoms with E-state index in [9.17, 15) is 14.7 Å². The fourth-order valence-corrected chi connectivity index (χ4v) is 11.2. The predicted molar refractivity (Wildman–Crippen MR) is 207 cm³/mol. The number of carbonyl (C=O) groups is 2. The Morgan fingerprint density at radius 2 is 1.62 bits per heavy atom. The van der Waals surface area contributed by atoms with E-state index >= 15 is 0 Å². The zero-order valence-electron chi connectivity index (χ0n) is 30.8. The van der Waals surface area contributed by atoms with Crippen molar-refractivity contribution in [3.63, 3.8) is 0 Å². The van der Waals surface area contributed by atoms with Crippen LogP contribution in [0.5, 0.6) is 5.75 Å². The van der Waals surface area contributed by atoms with Crippen LogP contribution in [0.4, 0.5) is 0 Å². The Bertz CT molecular complexity index is 2050. The van der Waals surface area contributed by atoms with E-state index in [4.69, 9.17) is 9.47 Å². The molecule has 3 aromatic carbocycles. The lowest BCUT2D eigenvalue weighted by atomic mass is 9.44. The van der Waals surface area contributed by atoms with Gasteiger partial charge in [0.05, 0.1) is 11.0 Å². The number of benzene rings is 3. The van der Waals surface area contributed by atoms with Crippen LogP contribution >= 0.6 is 0 Å². The molecule has 272 valence electrons. The van der Waals surface area contributed by atoms with Crippen molar-refractivity contribution in [2.24, 2.45) is 35.0 Å². The number of carbonyl (C=O) groups excluding carboxylic acids is 2. The first kappa shape index (κ1) is 34.1. The van der Waals surface area contributed by atoms with Gasteiger partial charge in [0.15, 0.2) is 0 Å². The van der Waals surface area contributed by atoms with Crippen LogP contribution < -0.4 is 0 Å². The molecule has 2 aliphatic heterocycles. The van der Waals surface area contributed by atoms with Crippen LogP contribution in [0.2, 0.25) is 0 Å². The molecule has 53 heavy (non-hydrogen) atoms. The van der Waals surface area contributed by atoms with Crippen LogP contribution in [-0.2, 0) is 25.5 Å². The van der Waals surface area contributed by atoms with Crippen LogP contribution in [0.25, 0.3) is 16.7 Å². The fraction of sp³-hybridized carbons (Fsp3) is 0.417. The van der Waals surface area contributed by atoms with E-state index in [2.05, 4.69) is 55.5 Å². The van der Waals surface area contributed by atoms with Gasteiger partial charge in [0.2, 0.25) is 0 Å². The molecule has 7 aliphatic rings. The molecule has 0 radical (unpaired) electrons. The lowest BCUT2D eigenvalue weighted by molar-refractivity contribution is -0.135. The van der Waals surface area contributed by atoms with Crippen molar-refractivity contribution in [2.75, 3.05) is 0 Å². The van der Waals surface area contributed by atoms with Gasteiger partial charge in [-0.1, -0.05) is 106 Å². The molecule has 0 unspecified atom stereocenters. The molecule has 5 aliphatic carbocycles. The minimum atomic E-state index is -0.785. The van der Waals surface area contributed by atoms with E-state index in [0.717, 1.165) is 96.5 Å². The Hall–Kier alpha value is -4.64. The highest BCUT2D eigenvalue weighted by molar-refractivity contribution is 6.07. The molecule has 2 heterocycles. The van der Waals surface area contributed by atoms with Gasteiger partial charge in [0.1, 0.15) is 17.3 Å². The van der Waals surface area contributed by atoms with E-state index in [1.54, 1.807) is 6.07 Å². The third-order valence-electron chi connectivity index (χ3n) is 13.6. The molecule has 0 aromatic heterocycles. The van der Waals surface area contributed by atoms with Gasteiger partial charge >= 0.3 is 11.9 Å². The third-order valence-corrected chi connectivity index (χ3v) is 13.6.